The van der Waals surface area contributed by atoms with Crippen LogP contribution in [-0.2, 0) is 31.2 Å². The van der Waals surface area contributed by atoms with Crippen molar-refractivity contribution < 1.29 is 4.74 Å². The predicted octanol–water partition coefficient (Wildman–Crippen LogP) is 2.33. The summed E-state index contributed by atoms with van der Waals surface area (Å²) in [6.07, 6.45) is 5.37. The van der Waals surface area contributed by atoms with Gasteiger partial charge in [0.2, 0.25) is 0 Å². The van der Waals surface area contributed by atoms with Gasteiger partial charge in [0.1, 0.15) is 0 Å². The molecular weight excluding hydrogens is 467 g/mol. The van der Waals surface area contributed by atoms with Crippen molar-refractivity contribution in [3.63, 3.8) is 0 Å². The zero-order valence-electron chi connectivity index (χ0n) is 18.3. The summed E-state index contributed by atoms with van der Waals surface area (Å²) >= 11 is 0. The molecule has 1 saturated heterocycles. The van der Waals surface area contributed by atoms with E-state index in [0.29, 0.717) is 6.04 Å². The zero-order chi connectivity index (χ0) is 19.6. The predicted molar refractivity (Wildman–Crippen MR) is 127 cm³/mol. The molecule has 1 fully saturated rings. The standard InChI is InChI=1S/C20H38N6O.HI/c1-6-18-17(19(7-2)25(4)24-18)15-22-20(21-3)23-16-9-12-26(13-10-16)11-8-14-27-5;/h16H,6-15H2,1-5H3,(H2,21,22,23);1H. The number of hydrogen-bond acceptors (Lipinski definition) is 4. The van der Waals surface area contributed by atoms with Crippen molar-refractivity contribution in [2.24, 2.45) is 12.0 Å². The Morgan fingerprint density at radius 3 is 2.54 bits per heavy atom. The van der Waals surface area contributed by atoms with E-state index in [0.717, 1.165) is 70.8 Å². The molecule has 0 spiro atoms. The van der Waals surface area contributed by atoms with E-state index in [1.54, 1.807) is 7.11 Å². The summed E-state index contributed by atoms with van der Waals surface area (Å²) in [6, 6.07) is 0.486. The highest BCUT2D eigenvalue weighted by atomic mass is 127. The first-order valence-corrected chi connectivity index (χ1v) is 10.3. The van der Waals surface area contributed by atoms with Gasteiger partial charge in [0.15, 0.2) is 5.96 Å². The highest BCUT2D eigenvalue weighted by Crippen LogP contribution is 2.15. The molecule has 8 heteroatoms. The van der Waals surface area contributed by atoms with Crippen molar-refractivity contribution in [3.05, 3.63) is 17.0 Å². The summed E-state index contributed by atoms with van der Waals surface area (Å²) in [6.45, 7) is 9.39. The van der Waals surface area contributed by atoms with Gasteiger partial charge < -0.3 is 20.3 Å². The quantitative estimate of drug-likeness (QED) is 0.233. The van der Waals surface area contributed by atoms with Crippen molar-refractivity contribution in [2.75, 3.05) is 40.4 Å². The summed E-state index contributed by atoms with van der Waals surface area (Å²) in [7, 11) is 5.65. The van der Waals surface area contributed by atoms with Gasteiger partial charge in [-0.05, 0) is 32.1 Å². The molecule has 0 atom stereocenters. The van der Waals surface area contributed by atoms with Crippen molar-refractivity contribution in [3.8, 4) is 0 Å². The van der Waals surface area contributed by atoms with E-state index in [9.17, 15) is 0 Å². The fourth-order valence-electron chi connectivity index (χ4n) is 3.89. The molecule has 2 rings (SSSR count). The van der Waals surface area contributed by atoms with Crippen LogP contribution < -0.4 is 10.6 Å². The fraction of sp³-hybridized carbons (Fsp3) is 0.800. The Hall–Kier alpha value is -0.870. The van der Waals surface area contributed by atoms with Crippen LogP contribution in [0.2, 0.25) is 0 Å². The van der Waals surface area contributed by atoms with Gasteiger partial charge in [0, 0.05) is 71.3 Å². The number of nitrogens with one attached hydrogen (secondary N) is 2. The first-order valence-electron chi connectivity index (χ1n) is 10.3. The van der Waals surface area contributed by atoms with E-state index in [2.05, 4.69) is 39.5 Å². The molecule has 1 aromatic rings. The van der Waals surface area contributed by atoms with Gasteiger partial charge in [-0.25, -0.2) is 0 Å². The number of nitrogens with zero attached hydrogens (tertiary/aromatic N) is 4. The Kier molecular flexibility index (Phi) is 12.0. The molecule has 0 saturated carbocycles. The maximum Gasteiger partial charge on any atom is 0.191 e. The van der Waals surface area contributed by atoms with Crippen LogP contribution in [0.3, 0.4) is 0 Å². The molecule has 0 bridgehead atoms. The van der Waals surface area contributed by atoms with Gasteiger partial charge >= 0.3 is 0 Å². The SMILES string of the molecule is CCc1nn(C)c(CC)c1CNC(=NC)NC1CCN(CCCOC)CC1.I. The number of rotatable bonds is 9. The molecule has 0 unspecified atom stereocenters. The number of ether oxygens (including phenoxy) is 1. The number of hydrogen-bond donors (Lipinski definition) is 2. The van der Waals surface area contributed by atoms with E-state index < -0.39 is 0 Å². The number of aromatic nitrogens is 2. The van der Waals surface area contributed by atoms with Crippen LogP contribution in [0.25, 0.3) is 0 Å². The number of piperidine rings is 1. The fourth-order valence-corrected chi connectivity index (χ4v) is 3.89. The van der Waals surface area contributed by atoms with Gasteiger partial charge in [0.25, 0.3) is 0 Å². The Labute approximate surface area is 187 Å². The molecule has 28 heavy (non-hydrogen) atoms. The van der Waals surface area contributed by atoms with Crippen LogP contribution in [0, 0.1) is 0 Å². The minimum Gasteiger partial charge on any atom is -0.385 e. The van der Waals surface area contributed by atoms with Crippen LogP contribution >= 0.6 is 24.0 Å². The molecule has 1 aliphatic heterocycles. The third kappa shape index (κ3) is 7.18. The Balaban J connectivity index is 0.00000392. The first kappa shape index (κ1) is 25.2. The third-order valence-corrected chi connectivity index (χ3v) is 5.44. The molecule has 1 aromatic heterocycles. The van der Waals surface area contributed by atoms with Gasteiger partial charge in [0.05, 0.1) is 5.69 Å². The van der Waals surface area contributed by atoms with E-state index in [1.165, 1.54) is 17.0 Å². The summed E-state index contributed by atoms with van der Waals surface area (Å²) in [5.74, 6) is 0.890. The van der Waals surface area contributed by atoms with Crippen molar-refractivity contribution in [1.29, 1.82) is 0 Å². The maximum atomic E-state index is 5.15. The Morgan fingerprint density at radius 1 is 1.25 bits per heavy atom. The second-order valence-corrected chi connectivity index (χ2v) is 7.24. The van der Waals surface area contributed by atoms with E-state index in [-0.39, 0.29) is 24.0 Å². The molecule has 2 N–H and O–H groups in total. The van der Waals surface area contributed by atoms with Crippen LogP contribution in [0.5, 0.6) is 0 Å². The first-order chi connectivity index (χ1) is 13.1. The normalized spacial score (nSPS) is 16.1. The lowest BCUT2D eigenvalue weighted by Crippen LogP contribution is -2.48. The number of likely N-dealkylation sites (tertiary alicyclic amines) is 1. The molecule has 2 heterocycles. The van der Waals surface area contributed by atoms with Gasteiger partial charge in [-0.2, -0.15) is 5.10 Å². The number of guanidine groups is 1. The van der Waals surface area contributed by atoms with E-state index >= 15 is 0 Å². The molecule has 0 aliphatic carbocycles. The third-order valence-electron chi connectivity index (χ3n) is 5.44. The maximum absolute atomic E-state index is 5.15. The van der Waals surface area contributed by atoms with Gasteiger partial charge in [-0.1, -0.05) is 13.8 Å². The lowest BCUT2D eigenvalue weighted by Gasteiger charge is -2.33. The summed E-state index contributed by atoms with van der Waals surface area (Å²) in [5, 5.41) is 11.8. The smallest absolute Gasteiger partial charge is 0.191 e. The van der Waals surface area contributed by atoms with Crippen LogP contribution in [-0.4, -0.2) is 67.1 Å². The van der Waals surface area contributed by atoms with Gasteiger partial charge in [-0.15, -0.1) is 24.0 Å². The highest BCUT2D eigenvalue weighted by Gasteiger charge is 2.20. The second-order valence-electron chi connectivity index (χ2n) is 7.24. The average Bonchev–Trinajstić information content (AvgIpc) is 3.01. The monoisotopic (exact) mass is 506 g/mol. The largest absolute Gasteiger partial charge is 0.385 e. The summed E-state index contributed by atoms with van der Waals surface area (Å²) < 4.78 is 7.17. The number of halogens is 1. The van der Waals surface area contributed by atoms with Crippen LogP contribution in [0.15, 0.2) is 4.99 Å². The molecule has 0 aromatic carbocycles. The second kappa shape index (κ2) is 13.4. The van der Waals surface area contributed by atoms with Gasteiger partial charge in [-0.3, -0.25) is 9.67 Å². The zero-order valence-corrected chi connectivity index (χ0v) is 20.6. The molecule has 0 amide bonds. The van der Waals surface area contributed by atoms with E-state index in [4.69, 9.17) is 4.74 Å². The lowest BCUT2D eigenvalue weighted by molar-refractivity contribution is 0.155. The number of aliphatic imine (C=N–C) groups is 1. The number of aryl methyl sites for hydroxylation is 2. The molecule has 1 aliphatic rings. The summed E-state index contributed by atoms with van der Waals surface area (Å²) in [4.78, 5) is 6.96. The minimum absolute atomic E-state index is 0. The molecule has 162 valence electrons. The molecule has 0 radical (unpaired) electrons. The van der Waals surface area contributed by atoms with Crippen LogP contribution in [0.1, 0.15) is 50.1 Å². The van der Waals surface area contributed by atoms with Crippen molar-refractivity contribution >= 4 is 29.9 Å². The topological polar surface area (TPSA) is 66.7 Å². The van der Waals surface area contributed by atoms with Crippen LogP contribution in [0.4, 0.5) is 0 Å². The summed E-state index contributed by atoms with van der Waals surface area (Å²) in [5.41, 5.74) is 3.80. The lowest BCUT2D eigenvalue weighted by atomic mass is 10.1. The van der Waals surface area contributed by atoms with Crippen molar-refractivity contribution in [1.82, 2.24) is 25.3 Å². The van der Waals surface area contributed by atoms with E-state index in [1.807, 2.05) is 18.8 Å². The minimum atomic E-state index is 0. The number of methoxy groups -OCH3 is 1. The highest BCUT2D eigenvalue weighted by molar-refractivity contribution is 14.0. The van der Waals surface area contributed by atoms with Crippen molar-refractivity contribution in [2.45, 2.75) is 58.5 Å². The molecular formula is C20H39IN6O. The average molecular weight is 506 g/mol. The Morgan fingerprint density at radius 2 is 1.96 bits per heavy atom. The Bertz CT molecular complexity index is 596. The molecule has 7 nitrogen and oxygen atoms in total.